The summed E-state index contributed by atoms with van der Waals surface area (Å²) in [4.78, 5) is 0.633. The van der Waals surface area contributed by atoms with Crippen molar-refractivity contribution in [3.8, 4) is 0 Å². The van der Waals surface area contributed by atoms with Crippen LogP contribution in [-0.4, -0.2) is 28.3 Å². The van der Waals surface area contributed by atoms with E-state index in [1.54, 1.807) is 60.7 Å². The van der Waals surface area contributed by atoms with Gasteiger partial charge < -0.3 is 0 Å². The number of hydrogen-bond donors (Lipinski definition) is 0. The molecular formula is C17H20O4S2. The summed E-state index contributed by atoms with van der Waals surface area (Å²) in [5, 5.41) is 0. The van der Waals surface area contributed by atoms with E-state index >= 15 is 0 Å². The fourth-order valence-corrected chi connectivity index (χ4v) is 5.04. The first-order chi connectivity index (χ1) is 10.9. The normalized spacial score (nSPS) is 12.2. The summed E-state index contributed by atoms with van der Waals surface area (Å²) >= 11 is 0. The molecule has 0 aliphatic heterocycles. The Morgan fingerprint density at radius 1 is 0.522 bits per heavy atom. The summed E-state index contributed by atoms with van der Waals surface area (Å²) in [5.74, 6) is 0.0881. The van der Waals surface area contributed by atoms with Gasteiger partial charge in [-0.25, -0.2) is 16.8 Å². The maximum Gasteiger partial charge on any atom is 0.178 e. The van der Waals surface area contributed by atoms with Crippen LogP contribution in [0.4, 0.5) is 0 Å². The zero-order valence-corrected chi connectivity index (χ0v) is 14.4. The Balaban J connectivity index is 1.80. The van der Waals surface area contributed by atoms with Crippen LogP contribution < -0.4 is 0 Å². The molecule has 0 N–H and O–H groups in total. The molecule has 0 unspecified atom stereocenters. The molecule has 2 aromatic carbocycles. The van der Waals surface area contributed by atoms with E-state index in [0.29, 0.717) is 29.1 Å². The van der Waals surface area contributed by atoms with Gasteiger partial charge in [0.05, 0.1) is 21.3 Å². The number of unbranched alkanes of at least 4 members (excludes halogenated alkanes) is 2. The molecular weight excluding hydrogens is 332 g/mol. The molecule has 0 saturated carbocycles. The molecule has 0 spiro atoms. The largest absolute Gasteiger partial charge is 0.224 e. The topological polar surface area (TPSA) is 68.3 Å². The van der Waals surface area contributed by atoms with Crippen LogP contribution in [0.3, 0.4) is 0 Å². The summed E-state index contributed by atoms with van der Waals surface area (Å²) in [6.07, 6.45) is 1.49. The summed E-state index contributed by atoms with van der Waals surface area (Å²) in [6.45, 7) is 0. The maximum atomic E-state index is 12.1. The molecule has 4 nitrogen and oxygen atoms in total. The number of rotatable bonds is 8. The fourth-order valence-electron chi connectivity index (χ4n) is 2.25. The third-order valence-corrected chi connectivity index (χ3v) is 7.16. The van der Waals surface area contributed by atoms with Gasteiger partial charge in [0.15, 0.2) is 19.7 Å². The number of benzene rings is 2. The van der Waals surface area contributed by atoms with Crippen molar-refractivity contribution in [2.75, 3.05) is 11.5 Å². The lowest BCUT2D eigenvalue weighted by Crippen LogP contribution is -2.09. The zero-order valence-electron chi connectivity index (χ0n) is 12.8. The molecule has 0 amide bonds. The smallest absolute Gasteiger partial charge is 0.178 e. The quantitative estimate of drug-likeness (QED) is 0.685. The lowest BCUT2D eigenvalue weighted by molar-refractivity contribution is 0.587. The van der Waals surface area contributed by atoms with Crippen LogP contribution in [0.25, 0.3) is 0 Å². The summed E-state index contributed by atoms with van der Waals surface area (Å²) in [7, 11) is -6.56. The first kappa shape index (κ1) is 17.7. The maximum absolute atomic E-state index is 12.1. The van der Waals surface area contributed by atoms with E-state index in [2.05, 4.69) is 0 Å². The van der Waals surface area contributed by atoms with Crippen molar-refractivity contribution in [1.82, 2.24) is 0 Å². The van der Waals surface area contributed by atoms with E-state index in [1.165, 1.54) is 0 Å². The summed E-state index contributed by atoms with van der Waals surface area (Å²) < 4.78 is 48.4. The van der Waals surface area contributed by atoms with Gasteiger partial charge in [-0.15, -0.1) is 0 Å². The Bertz CT molecular complexity index is 740. The Morgan fingerprint density at radius 2 is 0.870 bits per heavy atom. The molecule has 0 atom stereocenters. The van der Waals surface area contributed by atoms with E-state index in [4.69, 9.17) is 0 Å². The standard InChI is InChI=1S/C17H20O4S2/c18-22(19,16-10-4-1-5-11-16)14-8-3-9-15-23(20,21)17-12-6-2-7-13-17/h1-2,4-7,10-13H,3,8-9,14-15H2. The number of sulfone groups is 2. The van der Waals surface area contributed by atoms with Crippen molar-refractivity contribution in [1.29, 1.82) is 0 Å². The van der Waals surface area contributed by atoms with Crippen molar-refractivity contribution in [3.05, 3.63) is 60.7 Å². The minimum Gasteiger partial charge on any atom is -0.224 e. The second kappa shape index (κ2) is 7.75. The lowest BCUT2D eigenvalue weighted by atomic mass is 10.3. The molecule has 2 aromatic rings. The van der Waals surface area contributed by atoms with Gasteiger partial charge in [0.2, 0.25) is 0 Å². The van der Waals surface area contributed by atoms with Crippen molar-refractivity contribution < 1.29 is 16.8 Å². The monoisotopic (exact) mass is 352 g/mol. The van der Waals surface area contributed by atoms with Crippen molar-refractivity contribution in [2.24, 2.45) is 0 Å². The van der Waals surface area contributed by atoms with Gasteiger partial charge in [0.1, 0.15) is 0 Å². The highest BCUT2D eigenvalue weighted by Crippen LogP contribution is 2.15. The first-order valence-corrected chi connectivity index (χ1v) is 10.8. The van der Waals surface area contributed by atoms with Crippen molar-refractivity contribution in [2.45, 2.75) is 29.1 Å². The van der Waals surface area contributed by atoms with E-state index in [9.17, 15) is 16.8 Å². The molecule has 0 radical (unpaired) electrons. The SMILES string of the molecule is O=S(=O)(CCCCCS(=O)(=O)c1ccccc1)c1ccccc1. The number of hydrogen-bond acceptors (Lipinski definition) is 4. The Hall–Kier alpha value is -1.66. The predicted octanol–water partition coefficient (Wildman–Crippen LogP) is 3.10. The average molecular weight is 352 g/mol. The summed E-state index contributed by atoms with van der Waals surface area (Å²) in [5.41, 5.74) is 0. The molecule has 2 rings (SSSR count). The predicted molar refractivity (Wildman–Crippen MR) is 90.8 cm³/mol. The molecule has 0 fully saturated rings. The van der Waals surface area contributed by atoms with Crippen molar-refractivity contribution >= 4 is 19.7 Å². The van der Waals surface area contributed by atoms with E-state index < -0.39 is 19.7 Å². The van der Waals surface area contributed by atoms with Gasteiger partial charge >= 0.3 is 0 Å². The van der Waals surface area contributed by atoms with Gasteiger partial charge in [-0.1, -0.05) is 42.8 Å². The molecule has 0 aromatic heterocycles. The first-order valence-electron chi connectivity index (χ1n) is 7.47. The third kappa shape index (κ3) is 5.18. The van der Waals surface area contributed by atoms with Gasteiger partial charge in [-0.2, -0.15) is 0 Å². The highest BCUT2D eigenvalue weighted by atomic mass is 32.2. The van der Waals surface area contributed by atoms with Crippen LogP contribution in [0.15, 0.2) is 70.5 Å². The second-order valence-corrected chi connectivity index (χ2v) is 9.54. The van der Waals surface area contributed by atoms with E-state index in [-0.39, 0.29) is 11.5 Å². The Morgan fingerprint density at radius 3 is 1.22 bits per heavy atom. The Labute approximate surface area is 138 Å². The van der Waals surface area contributed by atoms with Crippen LogP contribution in [-0.2, 0) is 19.7 Å². The van der Waals surface area contributed by atoms with Crippen molar-refractivity contribution in [3.63, 3.8) is 0 Å². The zero-order chi connectivity index (χ0) is 16.8. The van der Waals surface area contributed by atoms with Crippen LogP contribution in [0.1, 0.15) is 19.3 Å². The Kier molecular flexibility index (Phi) is 5.96. The minimum atomic E-state index is -3.28. The van der Waals surface area contributed by atoms with Gasteiger partial charge in [0.25, 0.3) is 0 Å². The van der Waals surface area contributed by atoms with Gasteiger partial charge in [-0.3, -0.25) is 0 Å². The fraction of sp³-hybridized carbons (Fsp3) is 0.294. The lowest BCUT2D eigenvalue weighted by Gasteiger charge is -2.06. The molecule has 124 valence electrons. The molecule has 6 heteroatoms. The molecule has 0 saturated heterocycles. The van der Waals surface area contributed by atoms with E-state index in [0.717, 1.165) is 0 Å². The van der Waals surface area contributed by atoms with Gasteiger partial charge in [0, 0.05) is 0 Å². The average Bonchev–Trinajstić information content (AvgIpc) is 2.56. The molecule has 0 aliphatic rings. The second-order valence-electron chi connectivity index (χ2n) is 5.32. The molecule has 0 heterocycles. The molecule has 0 bridgehead atoms. The highest BCUT2D eigenvalue weighted by Gasteiger charge is 2.15. The van der Waals surface area contributed by atoms with Crippen LogP contribution >= 0.6 is 0 Å². The molecule has 0 aliphatic carbocycles. The molecule has 23 heavy (non-hydrogen) atoms. The minimum absolute atomic E-state index is 0.0440. The van der Waals surface area contributed by atoms with Gasteiger partial charge in [-0.05, 0) is 37.1 Å². The van der Waals surface area contributed by atoms with Crippen LogP contribution in [0.2, 0.25) is 0 Å². The van der Waals surface area contributed by atoms with Crippen LogP contribution in [0.5, 0.6) is 0 Å². The highest BCUT2D eigenvalue weighted by molar-refractivity contribution is 7.91. The summed E-state index contributed by atoms with van der Waals surface area (Å²) in [6, 6.07) is 16.6. The van der Waals surface area contributed by atoms with Crippen LogP contribution in [0, 0.1) is 0 Å². The van der Waals surface area contributed by atoms with E-state index in [1.807, 2.05) is 0 Å². The third-order valence-electron chi connectivity index (χ3n) is 3.53.